The minimum Gasteiger partial charge on any atom is -0.369 e. The molecule has 0 atom stereocenters. The Bertz CT molecular complexity index is 441. The van der Waals surface area contributed by atoms with Crippen LogP contribution in [0.25, 0.3) is 0 Å². The lowest BCUT2D eigenvalue weighted by atomic mass is 9.81. The van der Waals surface area contributed by atoms with Crippen molar-refractivity contribution in [1.29, 1.82) is 0 Å². The Morgan fingerprint density at radius 2 is 1.84 bits per heavy atom. The van der Waals surface area contributed by atoms with Crippen molar-refractivity contribution in [3.63, 3.8) is 0 Å². The number of alkyl halides is 3. The van der Waals surface area contributed by atoms with Crippen molar-refractivity contribution in [2.24, 2.45) is 11.3 Å². The van der Waals surface area contributed by atoms with Gasteiger partial charge in [0.1, 0.15) is 5.82 Å². The molecule has 0 saturated carbocycles. The number of nitrogens with one attached hydrogen (secondary N) is 1. The number of hydrogen-bond donors (Lipinski definition) is 2. The van der Waals surface area contributed by atoms with Gasteiger partial charge in [0, 0.05) is 12.6 Å². The van der Waals surface area contributed by atoms with Crippen molar-refractivity contribution in [3.8, 4) is 0 Å². The Balaban J connectivity index is 2.88. The van der Waals surface area contributed by atoms with Crippen molar-refractivity contribution in [1.82, 2.24) is 9.97 Å². The van der Waals surface area contributed by atoms with Crippen LogP contribution in [0, 0.1) is 11.3 Å². The first-order valence-corrected chi connectivity index (χ1v) is 5.98. The summed E-state index contributed by atoms with van der Waals surface area (Å²) in [6.07, 6.45) is -4.53. The van der Waals surface area contributed by atoms with E-state index < -0.39 is 11.9 Å². The number of halogens is 3. The number of nitrogen functional groups attached to an aromatic ring is 1. The van der Waals surface area contributed by atoms with Gasteiger partial charge in [0.05, 0.1) is 0 Å². The topological polar surface area (TPSA) is 63.8 Å². The highest BCUT2D eigenvalue weighted by Crippen LogP contribution is 2.30. The quantitative estimate of drug-likeness (QED) is 0.886. The van der Waals surface area contributed by atoms with E-state index >= 15 is 0 Å². The summed E-state index contributed by atoms with van der Waals surface area (Å²) in [5.41, 5.74) is 4.18. The summed E-state index contributed by atoms with van der Waals surface area (Å²) in [5.74, 6) is 0.0782. The van der Waals surface area contributed by atoms with Crippen LogP contribution in [0.4, 0.5) is 24.9 Å². The highest BCUT2D eigenvalue weighted by Gasteiger charge is 2.33. The third kappa shape index (κ3) is 4.25. The number of hydrogen-bond acceptors (Lipinski definition) is 4. The molecular weight excluding hydrogens is 257 g/mol. The van der Waals surface area contributed by atoms with E-state index in [1.807, 2.05) is 13.8 Å². The van der Waals surface area contributed by atoms with Gasteiger partial charge in [-0.1, -0.05) is 27.7 Å². The van der Waals surface area contributed by atoms with Gasteiger partial charge >= 0.3 is 6.18 Å². The molecule has 0 unspecified atom stereocenters. The second kappa shape index (κ2) is 5.22. The molecule has 0 fully saturated rings. The Morgan fingerprint density at radius 3 is 2.32 bits per heavy atom. The van der Waals surface area contributed by atoms with E-state index in [2.05, 4.69) is 29.1 Å². The van der Waals surface area contributed by atoms with Crippen LogP contribution in [-0.2, 0) is 6.18 Å². The zero-order chi connectivity index (χ0) is 14.8. The zero-order valence-electron chi connectivity index (χ0n) is 11.5. The molecule has 0 aromatic carbocycles. The maximum absolute atomic E-state index is 12.6. The molecule has 0 saturated heterocycles. The van der Waals surface area contributed by atoms with Gasteiger partial charge in [-0.3, -0.25) is 0 Å². The number of aromatic nitrogens is 2. The van der Waals surface area contributed by atoms with Gasteiger partial charge < -0.3 is 11.1 Å². The van der Waals surface area contributed by atoms with E-state index in [-0.39, 0.29) is 17.2 Å². The average molecular weight is 276 g/mol. The van der Waals surface area contributed by atoms with Gasteiger partial charge in [-0.05, 0) is 11.3 Å². The standard InChI is InChI=1S/C12H19F3N4/c1-7(2)11(3,4)6-17-9-5-8(12(13,14)15)18-10(16)19-9/h5,7H,6H2,1-4H3,(H3,16,17,18,19). The fourth-order valence-electron chi connectivity index (χ4n) is 1.22. The van der Waals surface area contributed by atoms with Crippen LogP contribution in [0.5, 0.6) is 0 Å². The number of anilines is 2. The van der Waals surface area contributed by atoms with Crippen molar-refractivity contribution < 1.29 is 13.2 Å². The molecule has 1 rings (SSSR count). The number of nitrogens with zero attached hydrogens (tertiary/aromatic N) is 2. The summed E-state index contributed by atoms with van der Waals surface area (Å²) in [6.45, 7) is 8.66. The minimum atomic E-state index is -4.53. The van der Waals surface area contributed by atoms with E-state index in [0.29, 0.717) is 12.5 Å². The van der Waals surface area contributed by atoms with Crippen LogP contribution in [0.3, 0.4) is 0 Å². The molecule has 0 aliphatic carbocycles. The van der Waals surface area contributed by atoms with Crippen LogP contribution >= 0.6 is 0 Å². The summed E-state index contributed by atoms with van der Waals surface area (Å²) < 4.78 is 37.7. The van der Waals surface area contributed by atoms with Crippen molar-refractivity contribution in [2.45, 2.75) is 33.9 Å². The van der Waals surface area contributed by atoms with Crippen molar-refractivity contribution >= 4 is 11.8 Å². The van der Waals surface area contributed by atoms with Crippen LogP contribution < -0.4 is 11.1 Å². The first-order valence-electron chi connectivity index (χ1n) is 5.98. The van der Waals surface area contributed by atoms with E-state index in [1.54, 1.807) is 0 Å². The highest BCUT2D eigenvalue weighted by molar-refractivity contribution is 5.41. The summed E-state index contributed by atoms with van der Waals surface area (Å²) in [7, 11) is 0. The van der Waals surface area contributed by atoms with E-state index in [1.165, 1.54) is 0 Å². The Morgan fingerprint density at radius 1 is 1.26 bits per heavy atom. The van der Waals surface area contributed by atoms with Gasteiger partial charge in [0.15, 0.2) is 5.69 Å². The smallest absolute Gasteiger partial charge is 0.369 e. The molecule has 0 aliphatic rings. The molecular formula is C12H19F3N4. The monoisotopic (exact) mass is 276 g/mol. The SMILES string of the molecule is CC(C)C(C)(C)CNc1cc(C(F)(F)F)nc(N)n1. The molecule has 0 bridgehead atoms. The average Bonchev–Trinajstić information content (AvgIpc) is 2.24. The predicted molar refractivity (Wildman–Crippen MR) is 68.6 cm³/mol. The van der Waals surface area contributed by atoms with Gasteiger partial charge in [0.25, 0.3) is 0 Å². The molecule has 1 aromatic heterocycles. The molecule has 0 radical (unpaired) electrons. The molecule has 1 heterocycles. The third-order valence-electron chi connectivity index (χ3n) is 3.32. The lowest BCUT2D eigenvalue weighted by Crippen LogP contribution is -2.29. The lowest BCUT2D eigenvalue weighted by molar-refractivity contribution is -0.141. The van der Waals surface area contributed by atoms with Gasteiger partial charge in [-0.25, -0.2) is 4.98 Å². The molecule has 0 spiro atoms. The minimum absolute atomic E-state index is 0.0713. The first kappa shape index (κ1) is 15.5. The lowest BCUT2D eigenvalue weighted by Gasteiger charge is -2.29. The predicted octanol–water partition coefficient (Wildman–Crippen LogP) is 3.17. The molecule has 1 aromatic rings. The Hall–Kier alpha value is -1.53. The first-order chi connectivity index (χ1) is 8.52. The summed E-state index contributed by atoms with van der Waals surface area (Å²) in [4.78, 5) is 6.95. The largest absolute Gasteiger partial charge is 0.433 e. The number of nitrogens with two attached hydrogens (primary N) is 1. The second-order valence-electron chi connectivity index (χ2n) is 5.49. The maximum atomic E-state index is 12.6. The van der Waals surface area contributed by atoms with Gasteiger partial charge in [-0.2, -0.15) is 18.2 Å². The Kier molecular flexibility index (Phi) is 4.27. The highest BCUT2D eigenvalue weighted by atomic mass is 19.4. The third-order valence-corrected chi connectivity index (χ3v) is 3.32. The van der Waals surface area contributed by atoms with Crippen LogP contribution in [-0.4, -0.2) is 16.5 Å². The van der Waals surface area contributed by atoms with E-state index in [4.69, 9.17) is 5.73 Å². The summed E-state index contributed by atoms with van der Waals surface area (Å²) >= 11 is 0. The summed E-state index contributed by atoms with van der Waals surface area (Å²) in [5, 5.41) is 2.89. The van der Waals surface area contributed by atoms with Gasteiger partial charge in [-0.15, -0.1) is 0 Å². The molecule has 0 amide bonds. The van der Waals surface area contributed by atoms with Gasteiger partial charge in [0.2, 0.25) is 5.95 Å². The zero-order valence-corrected chi connectivity index (χ0v) is 11.5. The van der Waals surface area contributed by atoms with Crippen LogP contribution in [0.1, 0.15) is 33.4 Å². The molecule has 19 heavy (non-hydrogen) atoms. The van der Waals surface area contributed by atoms with E-state index in [0.717, 1.165) is 6.07 Å². The van der Waals surface area contributed by atoms with Crippen molar-refractivity contribution in [2.75, 3.05) is 17.6 Å². The molecule has 108 valence electrons. The second-order valence-corrected chi connectivity index (χ2v) is 5.49. The number of rotatable bonds is 4. The normalized spacial score (nSPS) is 12.8. The fourth-order valence-corrected chi connectivity index (χ4v) is 1.22. The van der Waals surface area contributed by atoms with Crippen molar-refractivity contribution in [3.05, 3.63) is 11.8 Å². The molecule has 3 N–H and O–H groups in total. The molecule has 4 nitrogen and oxygen atoms in total. The van der Waals surface area contributed by atoms with Crippen LogP contribution in [0.2, 0.25) is 0 Å². The van der Waals surface area contributed by atoms with Crippen LogP contribution in [0.15, 0.2) is 6.07 Å². The summed E-state index contributed by atoms with van der Waals surface area (Å²) in [6, 6.07) is 0.868. The molecule has 7 heteroatoms. The fraction of sp³-hybridized carbons (Fsp3) is 0.667. The Labute approximate surface area is 110 Å². The maximum Gasteiger partial charge on any atom is 0.433 e. The molecule has 0 aliphatic heterocycles. The van der Waals surface area contributed by atoms with E-state index in [9.17, 15) is 13.2 Å².